The van der Waals surface area contributed by atoms with Gasteiger partial charge in [-0.3, -0.25) is 14.5 Å². The summed E-state index contributed by atoms with van der Waals surface area (Å²) in [5.41, 5.74) is 5.06. The Bertz CT molecular complexity index is 228. The Morgan fingerprint density at radius 2 is 2.36 bits per heavy atom. The molecule has 0 aromatic heterocycles. The molecule has 0 spiro atoms. The molecule has 2 N–H and O–H groups in total. The van der Waals surface area contributed by atoms with Gasteiger partial charge in [0.2, 0.25) is 5.91 Å². The third-order valence-electron chi connectivity index (χ3n) is 2.72. The van der Waals surface area contributed by atoms with E-state index in [-0.39, 0.29) is 18.4 Å². The monoisotopic (exact) mass is 198 g/mol. The van der Waals surface area contributed by atoms with Crippen LogP contribution in [0.5, 0.6) is 0 Å². The number of hydrogen-bond acceptors (Lipinski definition) is 3. The summed E-state index contributed by atoms with van der Waals surface area (Å²) in [6, 6.07) is 0. The van der Waals surface area contributed by atoms with Crippen LogP contribution in [0.25, 0.3) is 0 Å². The van der Waals surface area contributed by atoms with Crippen molar-refractivity contribution in [2.24, 2.45) is 11.7 Å². The molecule has 1 amide bonds. The van der Waals surface area contributed by atoms with Gasteiger partial charge in [0.25, 0.3) is 0 Å². The quantitative estimate of drug-likeness (QED) is 0.684. The SMILES string of the molecule is CN(CCC1CCCC1=O)CC(N)=O. The number of carbonyl (C=O) groups is 2. The first-order valence-electron chi connectivity index (χ1n) is 5.09. The highest BCUT2D eigenvalue weighted by Crippen LogP contribution is 2.24. The minimum Gasteiger partial charge on any atom is -0.369 e. The topological polar surface area (TPSA) is 63.4 Å². The fourth-order valence-corrected chi connectivity index (χ4v) is 1.91. The average molecular weight is 198 g/mol. The first kappa shape index (κ1) is 11.2. The number of likely N-dealkylation sites (N-methyl/N-ethyl adjacent to an activating group) is 1. The van der Waals surface area contributed by atoms with Gasteiger partial charge >= 0.3 is 0 Å². The highest BCUT2D eigenvalue weighted by molar-refractivity contribution is 5.82. The van der Waals surface area contributed by atoms with Crippen molar-refractivity contribution < 1.29 is 9.59 Å². The molecule has 80 valence electrons. The van der Waals surface area contributed by atoms with Crippen molar-refractivity contribution in [1.29, 1.82) is 0 Å². The van der Waals surface area contributed by atoms with Crippen molar-refractivity contribution >= 4 is 11.7 Å². The maximum atomic E-state index is 11.3. The van der Waals surface area contributed by atoms with Gasteiger partial charge in [-0.05, 0) is 32.9 Å². The Hall–Kier alpha value is -0.900. The molecule has 0 heterocycles. The third kappa shape index (κ3) is 3.46. The number of Topliss-reactive ketones (excluding diaryl/α,β-unsaturated/α-hetero) is 1. The molecule has 0 aliphatic heterocycles. The van der Waals surface area contributed by atoms with Crippen molar-refractivity contribution in [2.45, 2.75) is 25.7 Å². The van der Waals surface area contributed by atoms with E-state index in [0.717, 1.165) is 32.2 Å². The van der Waals surface area contributed by atoms with Crippen LogP contribution in [0, 0.1) is 5.92 Å². The first-order valence-corrected chi connectivity index (χ1v) is 5.09. The molecule has 4 nitrogen and oxygen atoms in total. The third-order valence-corrected chi connectivity index (χ3v) is 2.72. The Morgan fingerprint density at radius 1 is 1.64 bits per heavy atom. The number of ketones is 1. The summed E-state index contributed by atoms with van der Waals surface area (Å²) in [5.74, 6) is 0.299. The lowest BCUT2D eigenvalue weighted by molar-refractivity contribution is -0.120. The smallest absolute Gasteiger partial charge is 0.231 e. The normalized spacial score (nSPS) is 21.9. The Labute approximate surface area is 84.4 Å². The van der Waals surface area contributed by atoms with Crippen LogP contribution < -0.4 is 5.73 Å². The number of nitrogens with zero attached hydrogens (tertiary/aromatic N) is 1. The second kappa shape index (κ2) is 5.10. The lowest BCUT2D eigenvalue weighted by Crippen LogP contribution is -2.32. The molecule has 1 aliphatic carbocycles. The number of carbonyl (C=O) groups excluding carboxylic acids is 2. The van der Waals surface area contributed by atoms with Gasteiger partial charge in [-0.25, -0.2) is 0 Å². The van der Waals surface area contributed by atoms with E-state index >= 15 is 0 Å². The summed E-state index contributed by atoms with van der Waals surface area (Å²) in [6.45, 7) is 1.06. The van der Waals surface area contributed by atoms with Crippen molar-refractivity contribution in [3.8, 4) is 0 Å². The Kier molecular flexibility index (Phi) is 4.07. The largest absolute Gasteiger partial charge is 0.369 e. The molecular weight excluding hydrogens is 180 g/mol. The van der Waals surface area contributed by atoms with E-state index in [1.54, 1.807) is 0 Å². The van der Waals surface area contributed by atoms with Gasteiger partial charge in [-0.1, -0.05) is 0 Å². The molecule has 1 rings (SSSR count). The van der Waals surface area contributed by atoms with Gasteiger partial charge in [0.05, 0.1) is 6.54 Å². The van der Waals surface area contributed by atoms with E-state index in [2.05, 4.69) is 0 Å². The minimum absolute atomic E-state index is 0.227. The van der Waals surface area contributed by atoms with Crippen LogP contribution in [-0.2, 0) is 9.59 Å². The van der Waals surface area contributed by atoms with E-state index in [0.29, 0.717) is 5.78 Å². The van der Waals surface area contributed by atoms with Gasteiger partial charge in [0.1, 0.15) is 5.78 Å². The minimum atomic E-state index is -0.315. The predicted octanol–water partition coefficient (Wildman–Crippen LogP) is 0.163. The molecular formula is C10H18N2O2. The number of amides is 1. The Balaban J connectivity index is 2.19. The predicted molar refractivity (Wildman–Crippen MR) is 53.7 cm³/mol. The van der Waals surface area contributed by atoms with E-state index in [4.69, 9.17) is 5.73 Å². The lowest BCUT2D eigenvalue weighted by Gasteiger charge is -2.16. The molecule has 0 radical (unpaired) electrons. The second-order valence-corrected chi connectivity index (χ2v) is 4.05. The molecule has 1 atom stereocenters. The van der Waals surface area contributed by atoms with E-state index in [9.17, 15) is 9.59 Å². The van der Waals surface area contributed by atoms with E-state index in [1.807, 2.05) is 11.9 Å². The summed E-state index contributed by atoms with van der Waals surface area (Å²) < 4.78 is 0. The first-order chi connectivity index (χ1) is 6.59. The molecule has 4 heteroatoms. The average Bonchev–Trinajstić information content (AvgIpc) is 2.46. The van der Waals surface area contributed by atoms with Crippen molar-refractivity contribution in [3.05, 3.63) is 0 Å². The summed E-state index contributed by atoms with van der Waals surface area (Å²) in [6.07, 6.45) is 3.65. The fourth-order valence-electron chi connectivity index (χ4n) is 1.91. The molecule has 0 bridgehead atoms. The van der Waals surface area contributed by atoms with Crippen molar-refractivity contribution in [3.63, 3.8) is 0 Å². The van der Waals surface area contributed by atoms with Crippen LogP contribution in [0.15, 0.2) is 0 Å². The van der Waals surface area contributed by atoms with Gasteiger partial charge in [-0.15, -0.1) is 0 Å². The van der Waals surface area contributed by atoms with Crippen LogP contribution in [0.1, 0.15) is 25.7 Å². The maximum absolute atomic E-state index is 11.3. The van der Waals surface area contributed by atoms with Crippen LogP contribution in [0.4, 0.5) is 0 Å². The van der Waals surface area contributed by atoms with E-state index < -0.39 is 0 Å². The second-order valence-electron chi connectivity index (χ2n) is 4.05. The molecule has 1 aliphatic rings. The standard InChI is InChI=1S/C10H18N2O2/c1-12(7-10(11)14)6-5-8-3-2-4-9(8)13/h8H,2-7H2,1H3,(H2,11,14). The molecule has 1 fully saturated rings. The van der Waals surface area contributed by atoms with Crippen LogP contribution in [0.2, 0.25) is 0 Å². The zero-order valence-electron chi connectivity index (χ0n) is 8.66. The number of rotatable bonds is 5. The lowest BCUT2D eigenvalue weighted by atomic mass is 10.0. The maximum Gasteiger partial charge on any atom is 0.231 e. The van der Waals surface area contributed by atoms with E-state index in [1.165, 1.54) is 0 Å². The van der Waals surface area contributed by atoms with Crippen LogP contribution in [-0.4, -0.2) is 36.7 Å². The van der Waals surface area contributed by atoms with Gasteiger partial charge in [0, 0.05) is 12.3 Å². The number of primary amides is 1. The van der Waals surface area contributed by atoms with Gasteiger partial charge < -0.3 is 5.73 Å². The van der Waals surface area contributed by atoms with Gasteiger partial charge in [-0.2, -0.15) is 0 Å². The molecule has 1 saturated carbocycles. The highest BCUT2D eigenvalue weighted by Gasteiger charge is 2.24. The molecule has 0 saturated heterocycles. The summed E-state index contributed by atoms with van der Waals surface area (Å²) in [4.78, 5) is 23.8. The van der Waals surface area contributed by atoms with Crippen molar-refractivity contribution in [2.75, 3.05) is 20.1 Å². The molecule has 0 aromatic carbocycles. The zero-order chi connectivity index (χ0) is 10.6. The fraction of sp³-hybridized carbons (Fsp3) is 0.800. The van der Waals surface area contributed by atoms with Crippen LogP contribution in [0.3, 0.4) is 0 Å². The number of hydrogen-bond donors (Lipinski definition) is 1. The van der Waals surface area contributed by atoms with Crippen molar-refractivity contribution in [1.82, 2.24) is 4.90 Å². The number of nitrogens with two attached hydrogens (primary N) is 1. The summed E-state index contributed by atoms with van der Waals surface area (Å²) >= 11 is 0. The van der Waals surface area contributed by atoms with Gasteiger partial charge in [0.15, 0.2) is 0 Å². The molecule has 14 heavy (non-hydrogen) atoms. The summed E-state index contributed by atoms with van der Waals surface area (Å²) in [5, 5.41) is 0. The van der Waals surface area contributed by atoms with Crippen LogP contribution >= 0.6 is 0 Å². The summed E-state index contributed by atoms with van der Waals surface area (Å²) in [7, 11) is 1.85. The zero-order valence-corrected chi connectivity index (χ0v) is 8.66. The highest BCUT2D eigenvalue weighted by atomic mass is 16.1. The Morgan fingerprint density at radius 3 is 2.86 bits per heavy atom. The molecule has 1 unspecified atom stereocenters. The molecule has 0 aromatic rings.